The second kappa shape index (κ2) is 7.11. The Balaban J connectivity index is 1.89. The zero-order chi connectivity index (χ0) is 17.2. The van der Waals surface area contributed by atoms with Gasteiger partial charge in [-0.25, -0.2) is 0 Å². The minimum absolute atomic E-state index is 0.0292. The second-order valence-electron chi connectivity index (χ2n) is 6.09. The van der Waals surface area contributed by atoms with Crippen LogP contribution < -0.4 is 5.32 Å². The Morgan fingerprint density at radius 1 is 1.35 bits per heavy atom. The molecular weight excluding hydrogens is 329 g/mol. The highest BCUT2D eigenvalue weighted by atomic mass is 32.2. The number of nitrogens with zero attached hydrogens (tertiary/aromatic N) is 3. The quantitative estimate of drug-likeness (QED) is 0.849. The fourth-order valence-corrected chi connectivity index (χ4v) is 3.57. The van der Waals surface area contributed by atoms with E-state index in [2.05, 4.69) is 29.4 Å². The molecule has 0 bridgehead atoms. The van der Waals surface area contributed by atoms with Crippen molar-refractivity contribution in [1.29, 1.82) is 0 Å². The van der Waals surface area contributed by atoms with Crippen molar-refractivity contribution in [3.05, 3.63) is 5.82 Å². The molecule has 23 heavy (non-hydrogen) atoms. The van der Waals surface area contributed by atoms with Gasteiger partial charge in [0.15, 0.2) is 5.16 Å². The first-order valence-electron chi connectivity index (χ1n) is 7.59. The van der Waals surface area contributed by atoms with Crippen molar-refractivity contribution in [3.63, 3.8) is 0 Å². The Bertz CT molecular complexity index is 561. The summed E-state index contributed by atoms with van der Waals surface area (Å²) in [5.41, 5.74) is 0. The van der Waals surface area contributed by atoms with E-state index in [1.165, 1.54) is 13.5 Å². The summed E-state index contributed by atoms with van der Waals surface area (Å²) in [6.07, 6.45) is -1.34. The summed E-state index contributed by atoms with van der Waals surface area (Å²) in [5, 5.41) is 9.71. The van der Waals surface area contributed by atoms with E-state index < -0.39 is 12.0 Å². The number of hydrogen-bond acceptors (Lipinski definition) is 4. The number of thioether (sulfide) groups is 1. The molecule has 1 aliphatic carbocycles. The van der Waals surface area contributed by atoms with Gasteiger partial charge in [0.25, 0.3) is 0 Å². The van der Waals surface area contributed by atoms with Crippen molar-refractivity contribution in [2.75, 3.05) is 5.75 Å². The van der Waals surface area contributed by atoms with Gasteiger partial charge in [0.1, 0.15) is 0 Å². The maximum absolute atomic E-state index is 12.6. The number of alkyl halides is 3. The van der Waals surface area contributed by atoms with E-state index in [4.69, 9.17) is 0 Å². The number of amides is 1. The summed E-state index contributed by atoms with van der Waals surface area (Å²) >= 11 is 0.960. The Kier molecular flexibility index (Phi) is 5.59. The SMILES string of the molecule is C[C@H]1[C@H](C)CCC[C@H]1NC(=O)CSc1nnc(C(F)(F)F)n1C. The van der Waals surface area contributed by atoms with Gasteiger partial charge in [-0.05, 0) is 18.3 Å². The molecule has 1 fully saturated rings. The Morgan fingerprint density at radius 2 is 2.04 bits per heavy atom. The molecule has 9 heteroatoms. The van der Waals surface area contributed by atoms with Gasteiger partial charge >= 0.3 is 6.18 Å². The summed E-state index contributed by atoms with van der Waals surface area (Å²) in [6, 6.07) is 0.136. The fourth-order valence-electron chi connectivity index (χ4n) is 2.85. The van der Waals surface area contributed by atoms with E-state index in [1.807, 2.05) is 0 Å². The van der Waals surface area contributed by atoms with Crippen molar-refractivity contribution >= 4 is 17.7 Å². The van der Waals surface area contributed by atoms with Crippen molar-refractivity contribution < 1.29 is 18.0 Å². The van der Waals surface area contributed by atoms with Gasteiger partial charge in [-0.1, -0.05) is 38.5 Å². The molecular formula is C14H21F3N4OS. The monoisotopic (exact) mass is 350 g/mol. The highest BCUT2D eigenvalue weighted by Gasteiger charge is 2.37. The van der Waals surface area contributed by atoms with Crippen LogP contribution in [0.3, 0.4) is 0 Å². The Hall–Kier alpha value is -1.25. The molecule has 1 N–H and O–H groups in total. The molecule has 0 radical (unpaired) electrons. The molecule has 1 saturated carbocycles. The molecule has 0 spiro atoms. The first-order chi connectivity index (χ1) is 10.7. The first kappa shape index (κ1) is 18.1. The van der Waals surface area contributed by atoms with Crippen LogP contribution in [0.15, 0.2) is 5.16 Å². The minimum Gasteiger partial charge on any atom is -0.352 e. The lowest BCUT2D eigenvalue weighted by Crippen LogP contribution is -2.44. The molecule has 2 rings (SSSR count). The predicted molar refractivity (Wildman–Crippen MR) is 80.8 cm³/mol. The van der Waals surface area contributed by atoms with E-state index >= 15 is 0 Å². The predicted octanol–water partition coefficient (Wildman–Crippen LogP) is 2.87. The van der Waals surface area contributed by atoms with Gasteiger partial charge in [0.05, 0.1) is 5.75 Å². The normalized spacial score (nSPS) is 25.4. The lowest BCUT2D eigenvalue weighted by atomic mass is 9.78. The van der Waals surface area contributed by atoms with Gasteiger partial charge in [-0.2, -0.15) is 13.2 Å². The van der Waals surface area contributed by atoms with E-state index in [0.717, 1.165) is 29.2 Å². The third-order valence-corrected chi connectivity index (χ3v) is 5.49. The standard InChI is InChI=1S/C14H21F3N4OS/c1-8-5-4-6-10(9(8)2)18-11(22)7-23-13-20-19-12(21(13)3)14(15,16)17/h8-10H,4-7H2,1-3H3,(H,18,22)/t8-,9+,10-/m1/s1. The highest BCUT2D eigenvalue weighted by molar-refractivity contribution is 7.99. The maximum Gasteiger partial charge on any atom is 0.451 e. The topological polar surface area (TPSA) is 59.8 Å². The van der Waals surface area contributed by atoms with Gasteiger partial charge in [-0.3, -0.25) is 4.79 Å². The van der Waals surface area contributed by atoms with Crippen LogP contribution in [0.25, 0.3) is 0 Å². The van der Waals surface area contributed by atoms with Crippen LogP contribution >= 0.6 is 11.8 Å². The number of halogens is 3. The molecule has 1 heterocycles. The zero-order valence-electron chi connectivity index (χ0n) is 13.4. The van der Waals surface area contributed by atoms with Gasteiger partial charge in [-0.15, -0.1) is 10.2 Å². The number of aromatic nitrogens is 3. The van der Waals surface area contributed by atoms with Gasteiger partial charge in [0, 0.05) is 13.1 Å². The average Bonchev–Trinajstić information content (AvgIpc) is 2.83. The zero-order valence-corrected chi connectivity index (χ0v) is 14.2. The van der Waals surface area contributed by atoms with Crippen LogP contribution in [0.4, 0.5) is 13.2 Å². The largest absolute Gasteiger partial charge is 0.451 e. The van der Waals surface area contributed by atoms with Crippen LogP contribution in [0.1, 0.15) is 38.9 Å². The Labute approximate surface area is 137 Å². The van der Waals surface area contributed by atoms with Crippen molar-refractivity contribution in [2.24, 2.45) is 18.9 Å². The molecule has 0 saturated heterocycles. The van der Waals surface area contributed by atoms with Crippen LogP contribution in [-0.4, -0.2) is 32.5 Å². The lowest BCUT2D eigenvalue weighted by Gasteiger charge is -2.34. The summed E-state index contributed by atoms with van der Waals surface area (Å²) in [5.74, 6) is -0.242. The second-order valence-corrected chi connectivity index (χ2v) is 7.04. The molecule has 0 aromatic carbocycles. The third kappa shape index (κ3) is 4.39. The van der Waals surface area contributed by atoms with Crippen molar-refractivity contribution in [1.82, 2.24) is 20.1 Å². The molecule has 3 atom stereocenters. The smallest absolute Gasteiger partial charge is 0.352 e. The number of nitrogens with one attached hydrogen (secondary N) is 1. The molecule has 0 aliphatic heterocycles. The first-order valence-corrected chi connectivity index (χ1v) is 8.57. The molecule has 1 amide bonds. The van der Waals surface area contributed by atoms with Crippen LogP contribution in [0.2, 0.25) is 0 Å². The maximum atomic E-state index is 12.6. The van der Waals surface area contributed by atoms with E-state index in [1.54, 1.807) is 0 Å². The van der Waals surface area contributed by atoms with Crippen LogP contribution in [-0.2, 0) is 18.0 Å². The summed E-state index contributed by atoms with van der Waals surface area (Å²) in [6.45, 7) is 4.30. The summed E-state index contributed by atoms with van der Waals surface area (Å²) in [4.78, 5) is 12.0. The summed E-state index contributed by atoms with van der Waals surface area (Å²) in [7, 11) is 1.24. The van der Waals surface area contributed by atoms with E-state index in [-0.39, 0.29) is 22.9 Å². The van der Waals surface area contributed by atoms with Crippen LogP contribution in [0, 0.1) is 11.8 Å². The molecule has 130 valence electrons. The van der Waals surface area contributed by atoms with Crippen molar-refractivity contribution in [3.8, 4) is 0 Å². The van der Waals surface area contributed by atoms with Gasteiger partial charge in [0.2, 0.25) is 11.7 Å². The average molecular weight is 350 g/mol. The number of carbonyl (C=O) groups excluding carboxylic acids is 1. The fraction of sp³-hybridized carbons (Fsp3) is 0.786. The van der Waals surface area contributed by atoms with E-state index in [0.29, 0.717) is 11.8 Å². The molecule has 0 unspecified atom stereocenters. The molecule has 5 nitrogen and oxygen atoms in total. The number of hydrogen-bond donors (Lipinski definition) is 1. The lowest BCUT2D eigenvalue weighted by molar-refractivity contribution is -0.147. The molecule has 1 aromatic rings. The third-order valence-electron chi connectivity index (χ3n) is 4.47. The number of rotatable bonds is 4. The van der Waals surface area contributed by atoms with Crippen molar-refractivity contribution in [2.45, 2.75) is 50.5 Å². The molecule has 1 aliphatic rings. The summed E-state index contributed by atoms with van der Waals surface area (Å²) < 4.78 is 38.8. The number of carbonyl (C=O) groups is 1. The van der Waals surface area contributed by atoms with Crippen LogP contribution in [0.5, 0.6) is 0 Å². The Morgan fingerprint density at radius 3 is 2.65 bits per heavy atom. The van der Waals surface area contributed by atoms with E-state index in [9.17, 15) is 18.0 Å². The highest BCUT2D eigenvalue weighted by Crippen LogP contribution is 2.31. The molecule has 1 aromatic heterocycles. The minimum atomic E-state index is -4.55. The van der Waals surface area contributed by atoms with Gasteiger partial charge < -0.3 is 9.88 Å².